The molecule has 1 aliphatic heterocycles. The van der Waals surface area contributed by atoms with E-state index in [1.54, 1.807) is 12.1 Å². The van der Waals surface area contributed by atoms with Crippen LogP contribution < -0.4 is 4.90 Å². The lowest BCUT2D eigenvalue weighted by Crippen LogP contribution is -3.10. The molecule has 0 radical (unpaired) electrons. The van der Waals surface area contributed by atoms with Crippen LogP contribution in [0.4, 0.5) is 0 Å². The van der Waals surface area contributed by atoms with Gasteiger partial charge in [-0.1, -0.05) is 0 Å². The Kier molecular flexibility index (Phi) is 2.11. The van der Waals surface area contributed by atoms with E-state index in [0.29, 0.717) is 6.04 Å². The average Bonchev–Trinajstić information content (AvgIpc) is 2.15. The minimum atomic E-state index is -0.00898. The first-order chi connectivity index (χ1) is 6.59. The van der Waals surface area contributed by atoms with Gasteiger partial charge in [-0.05, 0) is 24.6 Å². The molecular formula is C11H16NO2+. The van der Waals surface area contributed by atoms with Crippen molar-refractivity contribution in [1.29, 1.82) is 0 Å². The van der Waals surface area contributed by atoms with Crippen LogP contribution in [0.15, 0.2) is 12.1 Å². The third-order valence-electron chi connectivity index (χ3n) is 3.23. The number of aromatic hydroxyl groups is 2. The van der Waals surface area contributed by atoms with Crippen molar-refractivity contribution in [3.8, 4) is 11.5 Å². The fourth-order valence-corrected chi connectivity index (χ4v) is 2.07. The summed E-state index contributed by atoms with van der Waals surface area (Å²) in [7, 11) is 2.15. The molecule has 3 N–H and O–H groups in total. The first-order valence-electron chi connectivity index (χ1n) is 4.96. The van der Waals surface area contributed by atoms with Crippen molar-refractivity contribution in [3.05, 3.63) is 23.3 Å². The van der Waals surface area contributed by atoms with E-state index in [9.17, 15) is 10.2 Å². The molecule has 0 saturated heterocycles. The zero-order chi connectivity index (χ0) is 10.3. The van der Waals surface area contributed by atoms with E-state index in [4.69, 9.17) is 0 Å². The Hall–Kier alpha value is -1.22. The second-order valence-electron chi connectivity index (χ2n) is 4.11. The Labute approximate surface area is 83.6 Å². The maximum absolute atomic E-state index is 9.42. The van der Waals surface area contributed by atoms with Gasteiger partial charge in [-0.25, -0.2) is 0 Å². The monoisotopic (exact) mass is 194 g/mol. The molecule has 0 spiro atoms. The molecule has 0 saturated carbocycles. The average molecular weight is 194 g/mol. The summed E-state index contributed by atoms with van der Waals surface area (Å²) in [5.41, 5.74) is 2.32. The minimum Gasteiger partial charge on any atom is -0.504 e. The molecule has 1 unspecified atom stereocenters. The normalized spacial score (nSPS) is 25.9. The van der Waals surface area contributed by atoms with Crippen molar-refractivity contribution in [1.82, 2.24) is 0 Å². The highest BCUT2D eigenvalue weighted by Crippen LogP contribution is 2.31. The van der Waals surface area contributed by atoms with Crippen LogP contribution in [0.1, 0.15) is 24.1 Å². The van der Waals surface area contributed by atoms with E-state index < -0.39 is 0 Å². The second kappa shape index (κ2) is 3.17. The summed E-state index contributed by atoms with van der Waals surface area (Å²) in [4.78, 5) is 1.45. The zero-order valence-corrected chi connectivity index (χ0v) is 8.54. The van der Waals surface area contributed by atoms with Gasteiger partial charge in [0, 0.05) is 12.0 Å². The SMILES string of the molecule is C[C@@H]1c2cc(O)c(O)cc2CC[NH+]1C. The maximum Gasteiger partial charge on any atom is 0.157 e. The molecule has 3 nitrogen and oxygen atoms in total. The third-order valence-corrected chi connectivity index (χ3v) is 3.23. The van der Waals surface area contributed by atoms with Crippen molar-refractivity contribution >= 4 is 0 Å². The fourth-order valence-electron chi connectivity index (χ4n) is 2.07. The summed E-state index contributed by atoms with van der Waals surface area (Å²) in [5, 5.41) is 18.8. The highest BCUT2D eigenvalue weighted by atomic mass is 16.3. The number of benzene rings is 1. The Bertz CT molecular complexity index is 363. The van der Waals surface area contributed by atoms with Gasteiger partial charge in [0.1, 0.15) is 6.04 Å². The van der Waals surface area contributed by atoms with E-state index in [1.165, 1.54) is 10.5 Å². The Balaban J connectivity index is 2.50. The van der Waals surface area contributed by atoms with Gasteiger partial charge in [0.15, 0.2) is 11.5 Å². The molecule has 0 aromatic heterocycles. The van der Waals surface area contributed by atoms with Gasteiger partial charge in [-0.3, -0.25) is 0 Å². The topological polar surface area (TPSA) is 44.9 Å². The van der Waals surface area contributed by atoms with Crippen molar-refractivity contribution in [2.24, 2.45) is 0 Å². The predicted molar refractivity (Wildman–Crippen MR) is 53.6 cm³/mol. The molecule has 0 fully saturated rings. The van der Waals surface area contributed by atoms with Crippen molar-refractivity contribution in [3.63, 3.8) is 0 Å². The molecule has 1 aliphatic rings. The molecule has 14 heavy (non-hydrogen) atoms. The van der Waals surface area contributed by atoms with Gasteiger partial charge in [0.05, 0.1) is 13.6 Å². The number of phenols is 2. The van der Waals surface area contributed by atoms with Crippen LogP contribution >= 0.6 is 0 Å². The molecule has 0 aliphatic carbocycles. The summed E-state index contributed by atoms with van der Waals surface area (Å²) in [5.74, 6) is -0.0131. The lowest BCUT2D eigenvalue weighted by molar-refractivity contribution is -0.912. The van der Waals surface area contributed by atoms with E-state index in [-0.39, 0.29) is 11.5 Å². The van der Waals surface area contributed by atoms with E-state index in [0.717, 1.165) is 18.5 Å². The quantitative estimate of drug-likeness (QED) is 0.518. The number of quaternary nitrogens is 1. The predicted octanol–water partition coefficient (Wildman–Crippen LogP) is 0.230. The van der Waals surface area contributed by atoms with Crippen LogP contribution in [-0.2, 0) is 6.42 Å². The summed E-state index contributed by atoms with van der Waals surface area (Å²) < 4.78 is 0. The largest absolute Gasteiger partial charge is 0.504 e. The van der Waals surface area contributed by atoms with Crippen LogP contribution in [0.3, 0.4) is 0 Å². The van der Waals surface area contributed by atoms with Gasteiger partial charge in [-0.2, -0.15) is 0 Å². The molecule has 76 valence electrons. The molecule has 1 aromatic carbocycles. The summed E-state index contributed by atoms with van der Waals surface area (Å²) in [6, 6.07) is 3.77. The fraction of sp³-hybridized carbons (Fsp3) is 0.455. The minimum absolute atomic E-state index is 0.00416. The molecule has 1 heterocycles. The van der Waals surface area contributed by atoms with E-state index in [2.05, 4.69) is 14.0 Å². The summed E-state index contributed by atoms with van der Waals surface area (Å²) >= 11 is 0. The van der Waals surface area contributed by atoms with E-state index in [1.807, 2.05) is 0 Å². The number of hydrogen-bond donors (Lipinski definition) is 3. The van der Waals surface area contributed by atoms with Gasteiger partial charge < -0.3 is 15.1 Å². The molecule has 1 aromatic rings. The lowest BCUT2D eigenvalue weighted by atomic mass is 9.93. The van der Waals surface area contributed by atoms with Crippen molar-refractivity contribution in [2.45, 2.75) is 19.4 Å². The highest BCUT2D eigenvalue weighted by molar-refractivity contribution is 5.46. The van der Waals surface area contributed by atoms with E-state index >= 15 is 0 Å². The summed E-state index contributed by atoms with van der Waals surface area (Å²) in [6.07, 6.45) is 0.972. The highest BCUT2D eigenvalue weighted by Gasteiger charge is 2.25. The second-order valence-corrected chi connectivity index (χ2v) is 4.11. The number of nitrogens with one attached hydrogen (secondary N) is 1. The first-order valence-corrected chi connectivity index (χ1v) is 4.96. The Morgan fingerprint density at radius 2 is 1.93 bits per heavy atom. The van der Waals surface area contributed by atoms with Gasteiger partial charge in [0.2, 0.25) is 0 Å². The smallest absolute Gasteiger partial charge is 0.157 e. The van der Waals surface area contributed by atoms with Crippen LogP contribution in [0.5, 0.6) is 11.5 Å². The van der Waals surface area contributed by atoms with Crippen molar-refractivity contribution in [2.75, 3.05) is 13.6 Å². The maximum atomic E-state index is 9.42. The van der Waals surface area contributed by atoms with Gasteiger partial charge in [0.25, 0.3) is 0 Å². The Morgan fingerprint density at radius 3 is 2.64 bits per heavy atom. The van der Waals surface area contributed by atoms with Gasteiger partial charge in [-0.15, -0.1) is 0 Å². The zero-order valence-electron chi connectivity index (χ0n) is 8.54. The molecule has 2 rings (SSSR count). The number of fused-ring (bicyclic) bond motifs is 1. The number of hydrogen-bond acceptors (Lipinski definition) is 2. The van der Waals surface area contributed by atoms with Crippen LogP contribution in [0.2, 0.25) is 0 Å². The molecule has 0 amide bonds. The number of phenolic OH excluding ortho intramolecular Hbond substituents is 2. The van der Waals surface area contributed by atoms with Crippen LogP contribution in [0.25, 0.3) is 0 Å². The molecule has 0 bridgehead atoms. The van der Waals surface area contributed by atoms with Crippen LogP contribution in [-0.4, -0.2) is 23.8 Å². The molecule has 2 atom stereocenters. The molecular weight excluding hydrogens is 178 g/mol. The lowest BCUT2D eigenvalue weighted by Gasteiger charge is -2.29. The summed E-state index contributed by atoms with van der Waals surface area (Å²) in [6.45, 7) is 3.22. The Morgan fingerprint density at radius 1 is 1.29 bits per heavy atom. The number of likely N-dealkylation sites (N-methyl/N-ethyl adjacent to an activating group) is 1. The number of rotatable bonds is 0. The van der Waals surface area contributed by atoms with Crippen molar-refractivity contribution < 1.29 is 15.1 Å². The van der Waals surface area contributed by atoms with Gasteiger partial charge >= 0.3 is 0 Å². The first kappa shape index (κ1) is 9.34. The molecule has 3 heteroatoms. The standard InChI is InChI=1S/C11H15NO2/c1-7-9-6-11(14)10(13)5-8(9)3-4-12(7)2/h5-7,13-14H,3-4H2,1-2H3/p+1/t7-/m1/s1. The van der Waals surface area contributed by atoms with Crippen LogP contribution in [0, 0.1) is 0 Å². The third kappa shape index (κ3) is 1.34.